The van der Waals surface area contributed by atoms with Crippen molar-refractivity contribution in [2.45, 2.75) is 6.42 Å². The summed E-state index contributed by atoms with van der Waals surface area (Å²) in [6.07, 6.45) is 0.791. The van der Waals surface area contributed by atoms with Crippen molar-refractivity contribution in [2.75, 3.05) is 10.2 Å². The Morgan fingerprint density at radius 3 is 2.14 bits per heavy atom. The molecule has 0 aliphatic carbocycles. The zero-order valence-corrected chi connectivity index (χ0v) is 6.81. The zero-order valence-electron chi connectivity index (χ0n) is 3.76. The number of halogens is 1. The normalized spacial score (nSPS) is 10.0. The summed E-state index contributed by atoms with van der Waals surface area (Å²) in [6, 6.07) is 0. The van der Waals surface area contributed by atoms with Crippen molar-refractivity contribution in [1.29, 1.82) is 0 Å². The topological polar surface area (TPSA) is 34.1 Å². The molecule has 0 heterocycles. The first kappa shape index (κ1) is 7.68. The van der Waals surface area contributed by atoms with E-state index >= 15 is 0 Å². The van der Waals surface area contributed by atoms with E-state index in [1.54, 1.807) is 0 Å². The molecule has 0 aromatic heterocycles. The van der Waals surface area contributed by atoms with Crippen LogP contribution < -0.4 is 0 Å². The number of thiol groups is 1. The van der Waals surface area contributed by atoms with Gasteiger partial charge in [0.1, 0.15) is 10.7 Å². The van der Waals surface area contributed by atoms with Crippen molar-refractivity contribution in [3.63, 3.8) is 0 Å². The predicted octanol–water partition coefficient (Wildman–Crippen LogP) is 0.423. The largest absolute Gasteiger partial charge is 0.232 e. The molecule has 0 atom stereocenters. The van der Waals surface area contributed by atoms with Crippen LogP contribution in [-0.2, 0) is 10.7 Å². The van der Waals surface area contributed by atoms with E-state index in [0.717, 1.165) is 10.8 Å². The first-order valence-electron chi connectivity index (χ1n) is 1.95. The molecule has 0 radical (unpaired) electrons. The fourth-order valence-electron chi connectivity index (χ4n) is 0.189. The van der Waals surface area contributed by atoms with E-state index in [2.05, 4.69) is 22.6 Å². The van der Waals surface area contributed by atoms with Crippen LogP contribution in [0.25, 0.3) is 0 Å². The first-order valence-corrected chi connectivity index (χ1v) is 4.84. The quantitative estimate of drug-likeness (QED) is 0.436. The minimum Gasteiger partial charge on any atom is -0.232 e. The first-order chi connectivity index (χ1) is 3.27. The summed E-state index contributed by atoms with van der Waals surface area (Å²) in [4.78, 5) is 0. The lowest BCUT2D eigenvalue weighted by atomic mass is 10.6. The number of hydrogen-bond acceptors (Lipinski definition) is 2. The summed E-state index contributed by atoms with van der Waals surface area (Å²) in [7, 11) is -2.11. The monoisotopic (exact) mass is 234 g/mol. The van der Waals surface area contributed by atoms with Crippen LogP contribution in [-0.4, -0.2) is 18.6 Å². The van der Waals surface area contributed by atoms with Gasteiger partial charge in [0.2, 0.25) is 0 Å². The number of alkyl halides is 1. The van der Waals surface area contributed by atoms with Gasteiger partial charge in [0.25, 0.3) is 0 Å². The van der Waals surface area contributed by atoms with Gasteiger partial charge in [-0.15, -0.1) is 0 Å². The van der Waals surface area contributed by atoms with Gasteiger partial charge in [-0.05, 0) is 6.42 Å². The highest BCUT2D eigenvalue weighted by atomic mass is 127. The van der Waals surface area contributed by atoms with E-state index < -0.39 is 10.7 Å². The second-order valence-corrected chi connectivity index (χ2v) is 3.29. The summed E-state index contributed by atoms with van der Waals surface area (Å²) < 4.78 is 20.5. The third-order valence-corrected chi connectivity index (χ3v) is 1.92. The van der Waals surface area contributed by atoms with Crippen LogP contribution in [0.1, 0.15) is 6.42 Å². The van der Waals surface area contributed by atoms with Crippen molar-refractivity contribution >= 4 is 33.3 Å². The molecule has 0 fully saturated rings. The maximum absolute atomic E-state index is 9.79. The minimum atomic E-state index is -2.11. The van der Waals surface area contributed by atoms with Crippen LogP contribution in [0.15, 0.2) is 0 Å². The molecule has 0 saturated carbocycles. The third kappa shape index (κ3) is 6.68. The van der Waals surface area contributed by atoms with Gasteiger partial charge in [0, 0.05) is 10.2 Å². The lowest BCUT2D eigenvalue weighted by Crippen LogP contribution is -1.86. The smallest absolute Gasteiger partial charge is 0.140 e. The molecule has 0 aliphatic heterocycles. The van der Waals surface area contributed by atoms with E-state index in [0.29, 0.717) is 5.75 Å². The summed E-state index contributed by atoms with van der Waals surface area (Å²) >= 11 is 2.15. The molecule has 0 spiro atoms. The molecule has 44 valence electrons. The fraction of sp³-hybridized carbons (Fsp3) is 1.00. The van der Waals surface area contributed by atoms with Gasteiger partial charge in [0.05, 0.1) is 0 Å². The molecule has 0 saturated heterocycles. The maximum Gasteiger partial charge on any atom is 0.140 e. The van der Waals surface area contributed by atoms with Gasteiger partial charge in [0.15, 0.2) is 0 Å². The van der Waals surface area contributed by atoms with Crippen molar-refractivity contribution in [3.05, 3.63) is 0 Å². The van der Waals surface area contributed by atoms with Crippen LogP contribution in [0.4, 0.5) is 0 Å². The van der Waals surface area contributed by atoms with E-state index in [4.69, 9.17) is 0 Å². The van der Waals surface area contributed by atoms with Crippen LogP contribution in [0, 0.1) is 0 Å². The molecule has 0 aromatic carbocycles. The molecule has 7 heavy (non-hydrogen) atoms. The molecular weight excluding hydrogens is 227 g/mol. The maximum atomic E-state index is 9.79. The predicted molar refractivity (Wildman–Crippen MR) is 38.7 cm³/mol. The molecule has 0 N–H and O–H groups in total. The SMILES string of the molecule is O=[SH](=O)CCCI. The Morgan fingerprint density at radius 1 is 1.43 bits per heavy atom. The highest BCUT2D eigenvalue weighted by Gasteiger charge is 1.82. The van der Waals surface area contributed by atoms with Gasteiger partial charge < -0.3 is 0 Å². The van der Waals surface area contributed by atoms with Crippen molar-refractivity contribution in [3.8, 4) is 0 Å². The Labute approximate surface area is 58.4 Å². The molecule has 0 amide bonds. The van der Waals surface area contributed by atoms with Gasteiger partial charge >= 0.3 is 0 Å². The second-order valence-electron chi connectivity index (χ2n) is 1.10. The van der Waals surface area contributed by atoms with Crippen LogP contribution in [0.3, 0.4) is 0 Å². The highest BCUT2D eigenvalue weighted by molar-refractivity contribution is 14.1. The fourth-order valence-corrected chi connectivity index (χ4v) is 1.59. The highest BCUT2D eigenvalue weighted by Crippen LogP contribution is 1.86. The lowest BCUT2D eigenvalue weighted by molar-refractivity contribution is 0.613. The van der Waals surface area contributed by atoms with Crippen molar-refractivity contribution in [2.24, 2.45) is 0 Å². The molecule has 0 rings (SSSR count). The van der Waals surface area contributed by atoms with Crippen LogP contribution >= 0.6 is 22.6 Å². The van der Waals surface area contributed by atoms with Crippen molar-refractivity contribution in [1.82, 2.24) is 0 Å². The minimum absolute atomic E-state index is 0.346. The molecule has 0 aliphatic rings. The van der Waals surface area contributed by atoms with Gasteiger partial charge in [-0.25, -0.2) is 8.42 Å². The molecule has 0 unspecified atom stereocenters. The zero-order chi connectivity index (χ0) is 5.70. The van der Waals surface area contributed by atoms with Crippen molar-refractivity contribution < 1.29 is 8.42 Å². The third-order valence-electron chi connectivity index (χ3n) is 0.474. The molecule has 0 aromatic rings. The Hall–Kier alpha value is 0.680. The molecule has 4 heteroatoms. The van der Waals surface area contributed by atoms with E-state index in [1.165, 1.54) is 0 Å². The Bertz CT molecular complexity index is 91.1. The van der Waals surface area contributed by atoms with Gasteiger partial charge in [-0.1, -0.05) is 22.6 Å². The van der Waals surface area contributed by atoms with E-state index in [-0.39, 0.29) is 0 Å². The van der Waals surface area contributed by atoms with Crippen LogP contribution in [0.2, 0.25) is 0 Å². The van der Waals surface area contributed by atoms with Crippen LogP contribution in [0.5, 0.6) is 0 Å². The van der Waals surface area contributed by atoms with E-state index in [1.807, 2.05) is 0 Å². The average Bonchev–Trinajstić information content (AvgIpc) is 1.61. The second kappa shape index (κ2) is 4.83. The van der Waals surface area contributed by atoms with Gasteiger partial charge in [-0.2, -0.15) is 0 Å². The molecule has 0 bridgehead atoms. The van der Waals surface area contributed by atoms with Gasteiger partial charge in [-0.3, -0.25) is 0 Å². The standard InChI is InChI=1S/C3H7IO2S/c4-2-1-3-7(5)6/h7H,1-3H2. The molecular formula is C3H7IO2S. The summed E-state index contributed by atoms with van der Waals surface area (Å²) in [5.41, 5.74) is 0. The summed E-state index contributed by atoms with van der Waals surface area (Å²) in [6.45, 7) is 0. The number of hydrogen-bond donors (Lipinski definition) is 1. The summed E-state index contributed by atoms with van der Waals surface area (Å²) in [5.74, 6) is 0.346. The lowest BCUT2D eigenvalue weighted by Gasteiger charge is -1.79. The Balaban J connectivity index is 2.98. The Morgan fingerprint density at radius 2 is 2.00 bits per heavy atom. The summed E-state index contributed by atoms with van der Waals surface area (Å²) in [5, 5.41) is 0. The van der Waals surface area contributed by atoms with E-state index in [9.17, 15) is 8.42 Å². The number of rotatable bonds is 3. The molecule has 2 nitrogen and oxygen atoms in total. The average molecular weight is 234 g/mol. The Kier molecular flexibility index (Phi) is 5.30.